The fraction of sp³-hybridized carbons (Fsp3) is 0.966. The Kier molecular flexibility index (Phi) is 7.85. The predicted molar refractivity (Wildman–Crippen MR) is 131 cm³/mol. The van der Waals surface area contributed by atoms with Crippen LogP contribution in [0.4, 0.5) is 0 Å². The van der Waals surface area contributed by atoms with Crippen molar-refractivity contribution in [3.05, 3.63) is 0 Å². The van der Waals surface area contributed by atoms with Crippen LogP contribution in [0, 0.1) is 46.3 Å². The number of unbranched alkanes of at least 4 members (excludes halogenated alkanes) is 2. The largest absolute Gasteiger partial charge is 0.466 e. The number of rotatable bonds is 8. The normalized spacial score (nSPS) is 45.6. The molecule has 0 radical (unpaired) electrons. The maximum absolute atomic E-state index is 12.2. The van der Waals surface area contributed by atoms with Crippen LogP contribution in [0.1, 0.15) is 111 Å². The molecule has 4 fully saturated rings. The Morgan fingerprint density at radius 3 is 2.48 bits per heavy atom. The molecule has 4 aliphatic rings. The van der Waals surface area contributed by atoms with Gasteiger partial charge >= 0.3 is 5.97 Å². The molecule has 2 N–H and O–H groups in total. The van der Waals surface area contributed by atoms with Gasteiger partial charge in [0, 0.05) is 6.42 Å². The molecule has 0 aromatic heterocycles. The Morgan fingerprint density at radius 2 is 1.73 bits per heavy atom. The van der Waals surface area contributed by atoms with Crippen LogP contribution in [0.5, 0.6) is 0 Å². The lowest BCUT2D eigenvalue weighted by atomic mass is 9.43. The van der Waals surface area contributed by atoms with Gasteiger partial charge in [0.15, 0.2) is 0 Å². The standard InChI is InChI=1S/C29H50O4/c1-5-6-7-16-33-26(32)11-8-19(2)22-9-10-23-27-24(13-15-29(22,23)4)28(3)14-12-21(30)17-20(28)18-25(27)31/h19-25,27,30-31H,5-18H2,1-4H3/t19-,20+,21-,22-,23+,24+,25+,27?,28+,29-/m1/s1. The zero-order valence-electron chi connectivity index (χ0n) is 21.7. The number of hydrogen-bond acceptors (Lipinski definition) is 4. The van der Waals surface area contributed by atoms with Crippen LogP contribution in [0.2, 0.25) is 0 Å². The zero-order chi connectivity index (χ0) is 23.8. The third-order valence-corrected chi connectivity index (χ3v) is 11.2. The molecule has 0 aliphatic heterocycles. The summed E-state index contributed by atoms with van der Waals surface area (Å²) in [5, 5.41) is 21.7. The second-order valence-corrected chi connectivity index (χ2v) is 12.9. The van der Waals surface area contributed by atoms with Crippen molar-refractivity contribution in [1.29, 1.82) is 0 Å². The van der Waals surface area contributed by atoms with Crippen LogP contribution >= 0.6 is 0 Å². The van der Waals surface area contributed by atoms with Crippen LogP contribution in [-0.2, 0) is 9.53 Å². The SMILES string of the molecule is CCCCCOC(=O)CC[C@@H](C)[C@H]1CC[C@H]2C3[C@@H](O)C[C@@H]4C[C@H](O)CC[C@]4(C)[C@H]3CC[C@]12C. The number of aliphatic hydroxyl groups is 2. The van der Waals surface area contributed by atoms with E-state index in [0.29, 0.717) is 48.5 Å². The molecule has 0 aromatic rings. The highest BCUT2D eigenvalue weighted by molar-refractivity contribution is 5.69. The Labute approximate surface area is 202 Å². The molecular weight excluding hydrogens is 412 g/mol. The molecule has 10 atom stereocenters. The Morgan fingerprint density at radius 1 is 1.00 bits per heavy atom. The minimum atomic E-state index is -0.213. The molecule has 4 aliphatic carbocycles. The Hall–Kier alpha value is -0.610. The van der Waals surface area contributed by atoms with E-state index in [0.717, 1.165) is 51.4 Å². The highest BCUT2D eigenvalue weighted by Crippen LogP contribution is 2.68. The summed E-state index contributed by atoms with van der Waals surface area (Å²) in [6.07, 6.45) is 13.1. The first kappa shape index (κ1) is 25.5. The van der Waals surface area contributed by atoms with Crippen molar-refractivity contribution in [1.82, 2.24) is 0 Å². The third kappa shape index (κ3) is 4.77. The molecule has 33 heavy (non-hydrogen) atoms. The fourth-order valence-corrected chi connectivity index (χ4v) is 9.33. The van der Waals surface area contributed by atoms with Gasteiger partial charge in [-0.3, -0.25) is 4.79 Å². The number of fused-ring (bicyclic) bond motifs is 5. The monoisotopic (exact) mass is 462 g/mol. The first-order valence-corrected chi connectivity index (χ1v) is 14.2. The number of carbonyl (C=O) groups excluding carboxylic acids is 1. The minimum Gasteiger partial charge on any atom is -0.466 e. The summed E-state index contributed by atoms with van der Waals surface area (Å²) in [5.41, 5.74) is 0.569. The lowest BCUT2D eigenvalue weighted by Gasteiger charge is -2.62. The van der Waals surface area contributed by atoms with E-state index in [2.05, 4.69) is 27.7 Å². The fourth-order valence-electron chi connectivity index (χ4n) is 9.33. The molecule has 0 spiro atoms. The molecular formula is C29H50O4. The van der Waals surface area contributed by atoms with Crippen molar-refractivity contribution < 1.29 is 19.7 Å². The van der Waals surface area contributed by atoms with E-state index in [-0.39, 0.29) is 29.0 Å². The quantitative estimate of drug-likeness (QED) is 0.336. The van der Waals surface area contributed by atoms with Crippen LogP contribution in [-0.4, -0.2) is 35.0 Å². The molecule has 0 heterocycles. The second kappa shape index (κ2) is 10.2. The number of ether oxygens (including phenoxy) is 1. The third-order valence-electron chi connectivity index (χ3n) is 11.2. The molecule has 0 aromatic carbocycles. The Bertz CT molecular complexity index is 679. The number of esters is 1. The average Bonchev–Trinajstić information content (AvgIpc) is 3.13. The molecule has 4 nitrogen and oxygen atoms in total. The molecule has 4 rings (SSSR count). The van der Waals surface area contributed by atoms with E-state index >= 15 is 0 Å². The molecule has 0 saturated heterocycles. The molecule has 4 saturated carbocycles. The lowest BCUT2D eigenvalue weighted by molar-refractivity contribution is -0.174. The van der Waals surface area contributed by atoms with Gasteiger partial charge in [0.25, 0.3) is 0 Å². The van der Waals surface area contributed by atoms with Crippen molar-refractivity contribution in [2.24, 2.45) is 46.3 Å². The molecule has 0 bridgehead atoms. The van der Waals surface area contributed by atoms with Gasteiger partial charge in [0.05, 0.1) is 18.8 Å². The van der Waals surface area contributed by atoms with Crippen molar-refractivity contribution in [2.75, 3.05) is 6.61 Å². The molecule has 0 amide bonds. The summed E-state index contributed by atoms with van der Waals surface area (Å²) >= 11 is 0. The highest BCUT2D eigenvalue weighted by Gasteiger charge is 2.62. The second-order valence-electron chi connectivity index (χ2n) is 12.9. The van der Waals surface area contributed by atoms with E-state index < -0.39 is 0 Å². The van der Waals surface area contributed by atoms with Gasteiger partial charge in [0.1, 0.15) is 0 Å². The topological polar surface area (TPSA) is 66.8 Å². The van der Waals surface area contributed by atoms with E-state index in [1.165, 1.54) is 25.7 Å². The highest BCUT2D eigenvalue weighted by atomic mass is 16.5. The van der Waals surface area contributed by atoms with E-state index in [1.54, 1.807) is 0 Å². The predicted octanol–water partition coefficient (Wildman–Crippen LogP) is 6.13. The average molecular weight is 463 g/mol. The smallest absolute Gasteiger partial charge is 0.305 e. The number of aliphatic hydroxyl groups excluding tert-OH is 2. The van der Waals surface area contributed by atoms with Gasteiger partial charge in [-0.1, -0.05) is 40.5 Å². The minimum absolute atomic E-state index is 0.0254. The maximum Gasteiger partial charge on any atom is 0.305 e. The molecule has 4 heteroatoms. The van der Waals surface area contributed by atoms with Crippen LogP contribution in [0.3, 0.4) is 0 Å². The molecule has 1 unspecified atom stereocenters. The summed E-state index contributed by atoms with van der Waals surface area (Å²) < 4.78 is 5.45. The van der Waals surface area contributed by atoms with Crippen molar-refractivity contribution in [3.63, 3.8) is 0 Å². The maximum atomic E-state index is 12.2. The van der Waals surface area contributed by atoms with Crippen molar-refractivity contribution in [2.45, 2.75) is 123 Å². The summed E-state index contributed by atoms with van der Waals surface area (Å²) in [5.74, 6) is 3.23. The zero-order valence-corrected chi connectivity index (χ0v) is 21.7. The van der Waals surface area contributed by atoms with Crippen LogP contribution in [0.15, 0.2) is 0 Å². The summed E-state index contributed by atoms with van der Waals surface area (Å²) in [7, 11) is 0. The number of hydrogen-bond donors (Lipinski definition) is 2. The van der Waals surface area contributed by atoms with Gasteiger partial charge in [0.2, 0.25) is 0 Å². The first-order valence-electron chi connectivity index (χ1n) is 14.2. The van der Waals surface area contributed by atoms with E-state index in [4.69, 9.17) is 4.74 Å². The van der Waals surface area contributed by atoms with Gasteiger partial charge in [-0.15, -0.1) is 0 Å². The summed E-state index contributed by atoms with van der Waals surface area (Å²) in [6, 6.07) is 0. The Balaban J connectivity index is 1.39. The van der Waals surface area contributed by atoms with E-state index in [9.17, 15) is 15.0 Å². The van der Waals surface area contributed by atoms with Crippen molar-refractivity contribution in [3.8, 4) is 0 Å². The number of carbonyl (C=O) groups is 1. The van der Waals surface area contributed by atoms with Gasteiger partial charge in [-0.25, -0.2) is 0 Å². The van der Waals surface area contributed by atoms with Crippen LogP contribution in [0.25, 0.3) is 0 Å². The summed E-state index contributed by atoms with van der Waals surface area (Å²) in [4.78, 5) is 12.2. The lowest BCUT2D eigenvalue weighted by Crippen LogP contribution is -2.58. The van der Waals surface area contributed by atoms with Gasteiger partial charge in [-0.05, 0) is 111 Å². The first-order chi connectivity index (χ1) is 15.7. The summed E-state index contributed by atoms with van der Waals surface area (Å²) in [6.45, 7) is 10.1. The van der Waals surface area contributed by atoms with E-state index in [1.807, 2.05) is 0 Å². The van der Waals surface area contributed by atoms with Gasteiger partial charge in [-0.2, -0.15) is 0 Å². The molecule has 190 valence electrons. The van der Waals surface area contributed by atoms with Gasteiger partial charge < -0.3 is 14.9 Å². The van der Waals surface area contributed by atoms with Crippen molar-refractivity contribution >= 4 is 5.97 Å². The van der Waals surface area contributed by atoms with Crippen LogP contribution < -0.4 is 0 Å².